The van der Waals surface area contributed by atoms with Gasteiger partial charge in [0.1, 0.15) is 5.60 Å². The number of hydrogen-bond donors (Lipinski definition) is 2. The summed E-state index contributed by atoms with van der Waals surface area (Å²) in [4.78, 5) is 11.9. The van der Waals surface area contributed by atoms with E-state index in [1.54, 1.807) is 0 Å². The first-order chi connectivity index (χ1) is 8.73. The zero-order chi connectivity index (χ0) is 14.3. The van der Waals surface area contributed by atoms with Crippen molar-refractivity contribution in [3.63, 3.8) is 0 Å². The molecule has 0 radical (unpaired) electrons. The molecule has 0 bridgehead atoms. The molecule has 2 N–H and O–H groups in total. The highest BCUT2D eigenvalue weighted by molar-refractivity contribution is 5.68. The second kappa shape index (κ2) is 4.97. The van der Waals surface area contributed by atoms with E-state index in [9.17, 15) is 4.79 Å². The van der Waals surface area contributed by atoms with Crippen LogP contribution in [0.4, 0.5) is 4.79 Å². The molecule has 1 amide bonds. The molecule has 4 heteroatoms. The third-order valence-electron chi connectivity index (χ3n) is 4.37. The Labute approximate surface area is 116 Å². The van der Waals surface area contributed by atoms with Gasteiger partial charge in [0.15, 0.2) is 0 Å². The number of nitrogens with one attached hydrogen (secondary N) is 2. The van der Waals surface area contributed by atoms with Crippen molar-refractivity contribution in [1.82, 2.24) is 10.6 Å². The van der Waals surface area contributed by atoms with Crippen molar-refractivity contribution in [1.29, 1.82) is 0 Å². The average Bonchev–Trinajstić information content (AvgIpc) is 2.08. The lowest BCUT2D eigenvalue weighted by Gasteiger charge is -2.62. The Morgan fingerprint density at radius 1 is 1.26 bits per heavy atom. The molecule has 2 atom stereocenters. The van der Waals surface area contributed by atoms with E-state index in [1.807, 2.05) is 20.8 Å². The fourth-order valence-electron chi connectivity index (χ4n) is 3.36. The summed E-state index contributed by atoms with van der Waals surface area (Å²) in [5.74, 6) is 0. The summed E-state index contributed by atoms with van der Waals surface area (Å²) in [6.07, 6.45) is 4.47. The van der Waals surface area contributed by atoms with E-state index in [0.717, 1.165) is 6.42 Å². The smallest absolute Gasteiger partial charge is 0.407 e. The topological polar surface area (TPSA) is 50.4 Å². The third-order valence-corrected chi connectivity index (χ3v) is 4.37. The van der Waals surface area contributed by atoms with Crippen LogP contribution in [0, 0.1) is 5.41 Å². The summed E-state index contributed by atoms with van der Waals surface area (Å²) < 4.78 is 5.35. The fourth-order valence-corrected chi connectivity index (χ4v) is 3.36. The number of carbonyl (C=O) groups excluding carboxylic acids is 1. The van der Waals surface area contributed by atoms with Crippen molar-refractivity contribution in [2.24, 2.45) is 5.41 Å². The van der Waals surface area contributed by atoms with E-state index >= 15 is 0 Å². The molecule has 0 aliphatic heterocycles. The standard InChI is InChI=1S/C15H28N2O2/c1-10(2)16-11-9-12(15(11)7-6-8-15)17-13(18)19-14(3,4)5/h10-12,16H,6-9H2,1-5H3,(H,17,18). The maximum atomic E-state index is 11.9. The SMILES string of the molecule is CC(C)NC1CC(NC(=O)OC(C)(C)C)C12CCC2. The predicted molar refractivity (Wildman–Crippen MR) is 76.1 cm³/mol. The van der Waals surface area contributed by atoms with Crippen molar-refractivity contribution >= 4 is 6.09 Å². The molecule has 2 aliphatic rings. The Hall–Kier alpha value is -0.770. The molecule has 0 saturated heterocycles. The highest BCUT2D eigenvalue weighted by Gasteiger charge is 2.58. The summed E-state index contributed by atoms with van der Waals surface area (Å²) in [5.41, 5.74) is -0.128. The van der Waals surface area contributed by atoms with E-state index in [4.69, 9.17) is 4.74 Å². The van der Waals surface area contributed by atoms with Crippen LogP contribution in [-0.4, -0.2) is 29.8 Å². The molecule has 0 heterocycles. The second-order valence-corrected chi connectivity index (χ2v) is 7.40. The van der Waals surface area contributed by atoms with Gasteiger partial charge >= 0.3 is 6.09 Å². The quantitative estimate of drug-likeness (QED) is 0.827. The van der Waals surface area contributed by atoms with Crippen molar-refractivity contribution in [2.75, 3.05) is 0 Å². The molecule has 19 heavy (non-hydrogen) atoms. The Kier molecular flexibility index (Phi) is 3.83. The molecule has 0 aromatic carbocycles. The van der Waals surface area contributed by atoms with Crippen molar-refractivity contribution in [3.8, 4) is 0 Å². The lowest BCUT2D eigenvalue weighted by Crippen LogP contribution is -2.71. The molecular weight excluding hydrogens is 240 g/mol. The molecule has 0 aromatic rings. The fraction of sp³-hybridized carbons (Fsp3) is 0.933. The van der Waals surface area contributed by atoms with E-state index in [2.05, 4.69) is 24.5 Å². The van der Waals surface area contributed by atoms with Gasteiger partial charge in [-0.15, -0.1) is 0 Å². The maximum Gasteiger partial charge on any atom is 0.407 e. The molecule has 0 aromatic heterocycles. The first-order valence-corrected chi connectivity index (χ1v) is 7.48. The van der Waals surface area contributed by atoms with Gasteiger partial charge in [0.2, 0.25) is 0 Å². The van der Waals surface area contributed by atoms with Crippen molar-refractivity contribution < 1.29 is 9.53 Å². The van der Waals surface area contributed by atoms with Crippen molar-refractivity contribution in [3.05, 3.63) is 0 Å². The maximum absolute atomic E-state index is 11.9. The van der Waals surface area contributed by atoms with Crippen LogP contribution in [0.1, 0.15) is 60.3 Å². The van der Waals surface area contributed by atoms with Crippen LogP contribution in [0.3, 0.4) is 0 Å². The minimum Gasteiger partial charge on any atom is -0.444 e. The molecule has 1 spiro atoms. The van der Waals surface area contributed by atoms with Crippen LogP contribution in [0.15, 0.2) is 0 Å². The van der Waals surface area contributed by atoms with Crippen LogP contribution >= 0.6 is 0 Å². The van der Waals surface area contributed by atoms with Crippen LogP contribution in [0.2, 0.25) is 0 Å². The molecule has 110 valence electrons. The summed E-state index contributed by atoms with van der Waals surface area (Å²) in [5, 5.41) is 6.70. The number of amides is 1. The highest BCUT2D eigenvalue weighted by Crippen LogP contribution is 2.56. The van der Waals surface area contributed by atoms with Gasteiger partial charge in [-0.2, -0.15) is 0 Å². The first kappa shape index (κ1) is 14.6. The Morgan fingerprint density at radius 3 is 2.32 bits per heavy atom. The van der Waals surface area contributed by atoms with Gasteiger partial charge in [0, 0.05) is 23.5 Å². The molecule has 2 rings (SSSR count). The normalized spacial score (nSPS) is 28.7. The highest BCUT2D eigenvalue weighted by atomic mass is 16.6. The number of carbonyl (C=O) groups is 1. The summed E-state index contributed by atoms with van der Waals surface area (Å²) in [7, 11) is 0. The van der Waals surface area contributed by atoms with Crippen LogP contribution in [0.5, 0.6) is 0 Å². The minimum absolute atomic E-state index is 0.272. The molecule has 2 saturated carbocycles. The monoisotopic (exact) mass is 268 g/mol. The first-order valence-electron chi connectivity index (χ1n) is 7.48. The van der Waals surface area contributed by atoms with Gasteiger partial charge in [0.05, 0.1) is 0 Å². The Bertz CT molecular complexity index is 343. The number of alkyl carbamates (subject to hydrolysis) is 1. The largest absolute Gasteiger partial charge is 0.444 e. The molecule has 2 fully saturated rings. The van der Waals surface area contributed by atoms with Gasteiger partial charge in [-0.25, -0.2) is 4.79 Å². The lowest BCUT2D eigenvalue weighted by molar-refractivity contribution is -0.0640. The summed E-state index contributed by atoms with van der Waals surface area (Å²) in [6.45, 7) is 10.1. The number of rotatable bonds is 3. The molecule has 2 aliphatic carbocycles. The van der Waals surface area contributed by atoms with Crippen LogP contribution in [0.25, 0.3) is 0 Å². The number of hydrogen-bond acceptors (Lipinski definition) is 3. The number of ether oxygens (including phenoxy) is 1. The zero-order valence-corrected chi connectivity index (χ0v) is 12.9. The molecule has 2 unspecified atom stereocenters. The van der Waals surface area contributed by atoms with E-state index in [0.29, 0.717) is 17.5 Å². The van der Waals surface area contributed by atoms with E-state index in [1.165, 1.54) is 19.3 Å². The van der Waals surface area contributed by atoms with Gasteiger partial charge < -0.3 is 15.4 Å². The third kappa shape index (κ3) is 3.04. The van der Waals surface area contributed by atoms with Gasteiger partial charge in [-0.1, -0.05) is 20.3 Å². The molecule has 4 nitrogen and oxygen atoms in total. The minimum atomic E-state index is -0.420. The average molecular weight is 268 g/mol. The zero-order valence-electron chi connectivity index (χ0n) is 12.9. The van der Waals surface area contributed by atoms with E-state index in [-0.39, 0.29) is 12.1 Å². The van der Waals surface area contributed by atoms with Gasteiger partial charge in [-0.3, -0.25) is 0 Å². The molecular formula is C15H28N2O2. The van der Waals surface area contributed by atoms with Crippen molar-refractivity contribution in [2.45, 2.75) is 84.0 Å². The Balaban J connectivity index is 1.87. The predicted octanol–water partition coefficient (Wildman–Crippen LogP) is 2.82. The van der Waals surface area contributed by atoms with Gasteiger partial charge in [0.25, 0.3) is 0 Å². The lowest BCUT2D eigenvalue weighted by atomic mass is 9.49. The van der Waals surface area contributed by atoms with E-state index < -0.39 is 5.60 Å². The summed E-state index contributed by atoms with van der Waals surface area (Å²) >= 11 is 0. The summed E-state index contributed by atoms with van der Waals surface area (Å²) in [6, 6.07) is 1.35. The Morgan fingerprint density at radius 2 is 1.89 bits per heavy atom. The van der Waals surface area contributed by atoms with Crippen LogP contribution < -0.4 is 10.6 Å². The van der Waals surface area contributed by atoms with Gasteiger partial charge in [-0.05, 0) is 40.0 Å². The second-order valence-electron chi connectivity index (χ2n) is 7.40. The van der Waals surface area contributed by atoms with Crippen LogP contribution in [-0.2, 0) is 4.74 Å².